The predicted octanol–water partition coefficient (Wildman–Crippen LogP) is 1.77. The van der Waals surface area contributed by atoms with Crippen LogP contribution in [0.3, 0.4) is 0 Å². The standard InChI is InChI=1S/C7H11NO2/c1-3-4-9-7-5-10-6(2)8-7/h5H,3-4H2,1-2H3. The molecule has 0 aliphatic heterocycles. The van der Waals surface area contributed by atoms with Crippen LogP contribution in [0.4, 0.5) is 0 Å². The molecule has 56 valence electrons. The molecule has 10 heavy (non-hydrogen) atoms. The van der Waals surface area contributed by atoms with Crippen LogP contribution in [0.1, 0.15) is 19.2 Å². The minimum absolute atomic E-state index is 0.583. The van der Waals surface area contributed by atoms with Gasteiger partial charge in [-0.1, -0.05) is 6.92 Å². The zero-order chi connectivity index (χ0) is 7.40. The molecule has 0 bridgehead atoms. The molecule has 1 aromatic rings. The van der Waals surface area contributed by atoms with Gasteiger partial charge in [-0.3, -0.25) is 0 Å². The van der Waals surface area contributed by atoms with Crippen molar-refractivity contribution < 1.29 is 9.15 Å². The van der Waals surface area contributed by atoms with E-state index in [2.05, 4.69) is 4.98 Å². The van der Waals surface area contributed by atoms with Gasteiger partial charge >= 0.3 is 0 Å². The molecule has 0 aromatic carbocycles. The highest BCUT2D eigenvalue weighted by atomic mass is 16.5. The lowest BCUT2D eigenvalue weighted by molar-refractivity contribution is 0.304. The number of aromatic nitrogens is 1. The third-order valence-electron chi connectivity index (χ3n) is 1.05. The molecule has 1 rings (SSSR count). The summed E-state index contributed by atoms with van der Waals surface area (Å²) in [6.45, 7) is 4.54. The monoisotopic (exact) mass is 141 g/mol. The van der Waals surface area contributed by atoms with E-state index in [4.69, 9.17) is 9.15 Å². The number of oxazole rings is 1. The number of rotatable bonds is 3. The van der Waals surface area contributed by atoms with Crippen molar-refractivity contribution in [3.8, 4) is 5.88 Å². The Labute approximate surface area is 60.0 Å². The Morgan fingerprint density at radius 3 is 3.00 bits per heavy atom. The van der Waals surface area contributed by atoms with Crippen molar-refractivity contribution in [1.82, 2.24) is 4.98 Å². The smallest absolute Gasteiger partial charge is 0.252 e. The van der Waals surface area contributed by atoms with E-state index in [0.29, 0.717) is 18.4 Å². The molecule has 1 heterocycles. The minimum Gasteiger partial charge on any atom is -0.475 e. The Morgan fingerprint density at radius 1 is 1.70 bits per heavy atom. The lowest BCUT2D eigenvalue weighted by Gasteiger charge is -1.95. The molecule has 0 amide bonds. The number of nitrogens with zero attached hydrogens (tertiary/aromatic N) is 1. The van der Waals surface area contributed by atoms with Gasteiger partial charge in [0.25, 0.3) is 5.88 Å². The van der Waals surface area contributed by atoms with Crippen molar-refractivity contribution in [1.29, 1.82) is 0 Å². The summed E-state index contributed by atoms with van der Waals surface area (Å²) in [5, 5.41) is 0. The van der Waals surface area contributed by atoms with Gasteiger partial charge in [-0.15, -0.1) is 0 Å². The Bertz CT molecular complexity index is 195. The van der Waals surface area contributed by atoms with Crippen LogP contribution in [0.25, 0.3) is 0 Å². The first-order chi connectivity index (χ1) is 4.83. The molecule has 0 unspecified atom stereocenters. The average molecular weight is 141 g/mol. The molecule has 3 heteroatoms. The van der Waals surface area contributed by atoms with Gasteiger partial charge in [-0.2, -0.15) is 4.98 Å². The van der Waals surface area contributed by atoms with E-state index in [-0.39, 0.29) is 0 Å². The molecule has 0 aliphatic carbocycles. The number of aryl methyl sites for hydroxylation is 1. The van der Waals surface area contributed by atoms with Crippen molar-refractivity contribution >= 4 is 0 Å². The molecule has 3 nitrogen and oxygen atoms in total. The van der Waals surface area contributed by atoms with Crippen molar-refractivity contribution in [3.05, 3.63) is 12.2 Å². The summed E-state index contributed by atoms with van der Waals surface area (Å²) in [7, 11) is 0. The van der Waals surface area contributed by atoms with Crippen LogP contribution >= 0.6 is 0 Å². The van der Waals surface area contributed by atoms with E-state index in [0.717, 1.165) is 6.42 Å². The molecule has 0 aliphatic rings. The van der Waals surface area contributed by atoms with Crippen molar-refractivity contribution in [2.75, 3.05) is 6.61 Å². The maximum atomic E-state index is 5.17. The number of hydrogen-bond donors (Lipinski definition) is 0. The molecular weight excluding hydrogens is 130 g/mol. The van der Waals surface area contributed by atoms with Gasteiger partial charge in [0.2, 0.25) is 0 Å². The summed E-state index contributed by atoms with van der Waals surface area (Å²) in [6.07, 6.45) is 2.51. The molecule has 1 aromatic heterocycles. The van der Waals surface area contributed by atoms with Crippen LogP contribution in [0.2, 0.25) is 0 Å². The highest BCUT2D eigenvalue weighted by Crippen LogP contribution is 2.08. The average Bonchev–Trinajstić information content (AvgIpc) is 2.31. The molecule has 0 fully saturated rings. The topological polar surface area (TPSA) is 35.3 Å². The Morgan fingerprint density at radius 2 is 2.50 bits per heavy atom. The van der Waals surface area contributed by atoms with Gasteiger partial charge in [-0.05, 0) is 6.42 Å². The minimum atomic E-state index is 0.583. The molecular formula is C7H11NO2. The molecule has 0 N–H and O–H groups in total. The molecule has 0 saturated heterocycles. The summed E-state index contributed by atoms with van der Waals surface area (Å²) in [5.41, 5.74) is 0. The normalized spacial score (nSPS) is 9.80. The largest absolute Gasteiger partial charge is 0.475 e. The van der Waals surface area contributed by atoms with Gasteiger partial charge in [0.05, 0.1) is 6.61 Å². The molecule has 0 radical (unpaired) electrons. The van der Waals surface area contributed by atoms with Crippen LogP contribution in [0.15, 0.2) is 10.7 Å². The van der Waals surface area contributed by atoms with Gasteiger partial charge in [-0.25, -0.2) is 0 Å². The third-order valence-corrected chi connectivity index (χ3v) is 1.05. The summed E-state index contributed by atoms with van der Waals surface area (Å²) in [5.74, 6) is 1.23. The molecule has 0 atom stereocenters. The summed E-state index contributed by atoms with van der Waals surface area (Å²) < 4.78 is 10.1. The first-order valence-electron chi connectivity index (χ1n) is 3.38. The van der Waals surface area contributed by atoms with Gasteiger partial charge < -0.3 is 9.15 Å². The first kappa shape index (κ1) is 7.12. The van der Waals surface area contributed by atoms with Crippen molar-refractivity contribution in [2.24, 2.45) is 0 Å². The van der Waals surface area contributed by atoms with E-state index in [1.54, 1.807) is 6.92 Å². The lowest BCUT2D eigenvalue weighted by atomic mass is 10.5. The van der Waals surface area contributed by atoms with Gasteiger partial charge in [0.15, 0.2) is 12.2 Å². The second-order valence-electron chi connectivity index (χ2n) is 2.05. The van der Waals surface area contributed by atoms with Crippen molar-refractivity contribution in [3.63, 3.8) is 0 Å². The SMILES string of the molecule is CCCOc1coc(C)n1. The summed E-state index contributed by atoms with van der Waals surface area (Å²) >= 11 is 0. The maximum absolute atomic E-state index is 5.17. The molecule has 0 saturated carbocycles. The van der Waals surface area contributed by atoms with Crippen LogP contribution < -0.4 is 4.74 Å². The van der Waals surface area contributed by atoms with Crippen LogP contribution in [-0.2, 0) is 0 Å². The Hall–Kier alpha value is -0.990. The second kappa shape index (κ2) is 3.25. The Kier molecular flexibility index (Phi) is 2.31. The lowest BCUT2D eigenvalue weighted by Crippen LogP contribution is -1.94. The van der Waals surface area contributed by atoms with Crippen molar-refractivity contribution in [2.45, 2.75) is 20.3 Å². The quantitative estimate of drug-likeness (QED) is 0.643. The summed E-state index contributed by atoms with van der Waals surface area (Å²) in [6, 6.07) is 0. The van der Waals surface area contributed by atoms with Gasteiger partial charge in [0.1, 0.15) is 0 Å². The van der Waals surface area contributed by atoms with Gasteiger partial charge in [0, 0.05) is 6.92 Å². The van der Waals surface area contributed by atoms with Crippen LogP contribution in [0.5, 0.6) is 5.88 Å². The Balaban J connectivity index is 2.42. The van der Waals surface area contributed by atoms with E-state index in [9.17, 15) is 0 Å². The maximum Gasteiger partial charge on any atom is 0.252 e. The number of hydrogen-bond acceptors (Lipinski definition) is 3. The zero-order valence-corrected chi connectivity index (χ0v) is 6.26. The van der Waals surface area contributed by atoms with E-state index in [1.807, 2.05) is 6.92 Å². The van der Waals surface area contributed by atoms with E-state index in [1.165, 1.54) is 6.26 Å². The third kappa shape index (κ3) is 1.76. The fourth-order valence-electron chi connectivity index (χ4n) is 0.616. The van der Waals surface area contributed by atoms with Crippen LogP contribution in [-0.4, -0.2) is 11.6 Å². The highest BCUT2D eigenvalue weighted by Gasteiger charge is 1.97. The van der Waals surface area contributed by atoms with E-state index >= 15 is 0 Å². The molecule has 0 spiro atoms. The van der Waals surface area contributed by atoms with E-state index < -0.39 is 0 Å². The second-order valence-corrected chi connectivity index (χ2v) is 2.05. The zero-order valence-electron chi connectivity index (χ0n) is 6.26. The fourth-order valence-corrected chi connectivity index (χ4v) is 0.616. The fraction of sp³-hybridized carbons (Fsp3) is 0.571. The van der Waals surface area contributed by atoms with Crippen LogP contribution in [0, 0.1) is 6.92 Å². The first-order valence-corrected chi connectivity index (χ1v) is 3.38. The highest BCUT2D eigenvalue weighted by molar-refractivity contribution is 5.01. The predicted molar refractivity (Wildman–Crippen MR) is 37.0 cm³/mol. The summed E-state index contributed by atoms with van der Waals surface area (Å²) in [4.78, 5) is 3.96. The number of ether oxygens (including phenoxy) is 1.